The summed E-state index contributed by atoms with van der Waals surface area (Å²) in [6, 6.07) is 0.0588. The Morgan fingerprint density at radius 2 is 2.12 bits per heavy atom. The summed E-state index contributed by atoms with van der Waals surface area (Å²) in [7, 11) is -3.59. The van der Waals surface area contributed by atoms with E-state index in [0.29, 0.717) is 13.1 Å². The normalized spacial score (nSPS) is 19.0. The zero-order valence-electron chi connectivity index (χ0n) is 14.8. The summed E-state index contributed by atoms with van der Waals surface area (Å²) in [5.41, 5.74) is 0. The second-order valence-corrected chi connectivity index (χ2v) is 9.97. The number of rotatable bonds is 6. The van der Waals surface area contributed by atoms with Crippen LogP contribution in [0.4, 0.5) is 0 Å². The molecule has 9 heteroatoms. The minimum atomic E-state index is -3.59. The number of thioether (sulfide) groups is 1. The second kappa shape index (κ2) is 7.74. The zero-order chi connectivity index (χ0) is 18.0. The van der Waals surface area contributed by atoms with Gasteiger partial charge in [0.05, 0.1) is 6.33 Å². The number of hydrogen-bond donors (Lipinski definition) is 0. The molecule has 1 saturated heterocycles. The fraction of sp³-hybridized carbons (Fsp3) is 0.647. The molecule has 0 N–H and O–H groups in total. The lowest BCUT2D eigenvalue weighted by molar-refractivity contribution is 0.292. The molecule has 2 aromatic heterocycles. The van der Waals surface area contributed by atoms with Gasteiger partial charge in [0, 0.05) is 50.7 Å². The highest BCUT2D eigenvalue weighted by molar-refractivity contribution is 7.99. The lowest BCUT2D eigenvalue weighted by atomic mass is 10.1. The Morgan fingerprint density at radius 3 is 2.85 bits per heavy atom. The third-order valence-corrected chi connectivity index (χ3v) is 8.07. The van der Waals surface area contributed by atoms with E-state index in [0.717, 1.165) is 56.0 Å². The van der Waals surface area contributed by atoms with Crippen molar-refractivity contribution in [1.29, 1.82) is 0 Å². The first-order chi connectivity index (χ1) is 12.6. The minimum absolute atomic E-state index is 0.0588. The first-order valence-corrected chi connectivity index (χ1v) is 11.9. The molecule has 0 atom stereocenters. The third kappa shape index (κ3) is 3.70. The highest BCUT2D eigenvalue weighted by atomic mass is 32.2. The summed E-state index contributed by atoms with van der Waals surface area (Å²) < 4.78 is 32.5. The summed E-state index contributed by atoms with van der Waals surface area (Å²) in [6.45, 7) is 1.93. The fourth-order valence-electron chi connectivity index (χ4n) is 3.74. The van der Waals surface area contributed by atoms with Crippen LogP contribution in [0.5, 0.6) is 0 Å². The maximum atomic E-state index is 13.4. The van der Waals surface area contributed by atoms with Crippen LogP contribution in [0.2, 0.25) is 0 Å². The molecule has 0 aliphatic carbocycles. The van der Waals surface area contributed by atoms with Crippen molar-refractivity contribution in [3.8, 4) is 0 Å². The van der Waals surface area contributed by atoms with E-state index in [1.807, 2.05) is 27.1 Å². The van der Waals surface area contributed by atoms with Gasteiger partial charge in [0.1, 0.15) is 5.82 Å². The summed E-state index contributed by atoms with van der Waals surface area (Å²) in [5, 5.41) is 0.221. The van der Waals surface area contributed by atoms with Gasteiger partial charge in [-0.3, -0.25) is 0 Å². The van der Waals surface area contributed by atoms with Crippen molar-refractivity contribution < 1.29 is 8.42 Å². The third-order valence-electron chi connectivity index (χ3n) is 5.20. The zero-order valence-corrected chi connectivity index (χ0v) is 16.5. The van der Waals surface area contributed by atoms with E-state index in [9.17, 15) is 8.42 Å². The molecule has 4 rings (SSSR count). The van der Waals surface area contributed by atoms with E-state index in [-0.39, 0.29) is 11.1 Å². The Hall–Kier alpha value is -1.32. The Labute approximate surface area is 158 Å². The van der Waals surface area contributed by atoms with Gasteiger partial charge in [0.2, 0.25) is 0 Å². The molecule has 7 nitrogen and oxygen atoms in total. The molecule has 142 valence electrons. The number of aryl methyl sites for hydroxylation is 2. The fourth-order valence-corrected chi connectivity index (χ4v) is 6.46. The molecule has 0 unspecified atom stereocenters. The number of imidazole rings is 2. The molecular formula is C17H25N5O2S2. The van der Waals surface area contributed by atoms with Crippen LogP contribution in [-0.4, -0.2) is 55.9 Å². The van der Waals surface area contributed by atoms with Crippen molar-refractivity contribution in [2.75, 3.05) is 18.1 Å². The van der Waals surface area contributed by atoms with E-state index in [4.69, 9.17) is 0 Å². The van der Waals surface area contributed by atoms with Crippen LogP contribution in [0.15, 0.2) is 29.9 Å². The number of fused-ring (bicyclic) bond motifs is 1. The number of aromatic nitrogens is 4. The Kier molecular flexibility index (Phi) is 5.37. The second-order valence-electron chi connectivity index (χ2n) is 6.91. The van der Waals surface area contributed by atoms with E-state index < -0.39 is 10.0 Å². The van der Waals surface area contributed by atoms with Gasteiger partial charge in [-0.05, 0) is 37.2 Å². The Bertz CT molecular complexity index is 802. The standard InChI is InChI=1S/C17H25N5O2S2/c23-26(24,17-13-21-7-2-1-3-16(21)19-17)22(15-4-11-25-12-5-15)10-9-20-8-6-18-14-20/h6,8,13-15H,1-5,7,9-12H2. The van der Waals surface area contributed by atoms with Gasteiger partial charge < -0.3 is 9.13 Å². The molecule has 26 heavy (non-hydrogen) atoms. The molecule has 0 saturated carbocycles. The van der Waals surface area contributed by atoms with Crippen LogP contribution in [0, 0.1) is 0 Å². The van der Waals surface area contributed by atoms with Crippen LogP contribution in [0.3, 0.4) is 0 Å². The minimum Gasteiger partial charge on any atom is -0.336 e. The van der Waals surface area contributed by atoms with Gasteiger partial charge in [-0.2, -0.15) is 16.1 Å². The molecule has 2 aliphatic rings. The lowest BCUT2D eigenvalue weighted by Crippen LogP contribution is -2.44. The highest BCUT2D eigenvalue weighted by Gasteiger charge is 2.34. The molecule has 0 amide bonds. The summed E-state index contributed by atoms with van der Waals surface area (Å²) in [6.07, 6.45) is 11.9. The quantitative estimate of drug-likeness (QED) is 0.748. The van der Waals surface area contributed by atoms with Crippen LogP contribution in [0.1, 0.15) is 31.5 Å². The van der Waals surface area contributed by atoms with Gasteiger partial charge in [0.25, 0.3) is 10.0 Å². The first-order valence-electron chi connectivity index (χ1n) is 9.26. The SMILES string of the molecule is O=S(=O)(c1cn2c(n1)CCCC2)N(CCn1ccnc1)C1CCSCC1. The van der Waals surface area contributed by atoms with Gasteiger partial charge in [-0.25, -0.2) is 18.4 Å². The van der Waals surface area contributed by atoms with E-state index >= 15 is 0 Å². The molecule has 1 fully saturated rings. The summed E-state index contributed by atoms with van der Waals surface area (Å²) in [4.78, 5) is 8.55. The highest BCUT2D eigenvalue weighted by Crippen LogP contribution is 2.28. The van der Waals surface area contributed by atoms with Crippen molar-refractivity contribution in [2.45, 2.75) is 56.3 Å². The smallest absolute Gasteiger partial charge is 0.262 e. The predicted molar refractivity (Wildman–Crippen MR) is 102 cm³/mol. The average Bonchev–Trinajstić information content (AvgIpc) is 3.32. The van der Waals surface area contributed by atoms with Crippen LogP contribution < -0.4 is 0 Å². The summed E-state index contributed by atoms with van der Waals surface area (Å²) in [5.74, 6) is 2.94. The van der Waals surface area contributed by atoms with Crippen molar-refractivity contribution in [2.24, 2.45) is 0 Å². The maximum Gasteiger partial charge on any atom is 0.262 e. The summed E-state index contributed by atoms with van der Waals surface area (Å²) >= 11 is 1.90. The molecular weight excluding hydrogens is 370 g/mol. The molecule has 0 bridgehead atoms. The van der Waals surface area contributed by atoms with Gasteiger partial charge in [-0.1, -0.05) is 0 Å². The molecule has 0 spiro atoms. The first kappa shape index (κ1) is 18.1. The lowest BCUT2D eigenvalue weighted by Gasteiger charge is -2.32. The van der Waals surface area contributed by atoms with Crippen molar-refractivity contribution >= 4 is 21.8 Å². The monoisotopic (exact) mass is 395 g/mol. The largest absolute Gasteiger partial charge is 0.336 e. The van der Waals surface area contributed by atoms with Crippen molar-refractivity contribution in [1.82, 2.24) is 23.4 Å². The van der Waals surface area contributed by atoms with Gasteiger partial charge in [-0.15, -0.1) is 0 Å². The number of sulfonamides is 1. The van der Waals surface area contributed by atoms with Crippen LogP contribution in [0.25, 0.3) is 0 Å². The topological polar surface area (TPSA) is 73.0 Å². The van der Waals surface area contributed by atoms with Gasteiger partial charge in [0.15, 0.2) is 5.03 Å². The molecule has 0 aromatic carbocycles. The van der Waals surface area contributed by atoms with Crippen LogP contribution in [-0.2, 0) is 29.5 Å². The Morgan fingerprint density at radius 1 is 1.27 bits per heavy atom. The molecule has 4 heterocycles. The van der Waals surface area contributed by atoms with E-state index in [1.54, 1.807) is 23.0 Å². The van der Waals surface area contributed by atoms with E-state index in [1.165, 1.54) is 0 Å². The van der Waals surface area contributed by atoms with E-state index in [2.05, 4.69) is 9.97 Å². The maximum absolute atomic E-state index is 13.4. The molecule has 2 aromatic rings. The molecule has 0 radical (unpaired) electrons. The molecule has 2 aliphatic heterocycles. The average molecular weight is 396 g/mol. The number of nitrogens with zero attached hydrogens (tertiary/aromatic N) is 5. The number of hydrogen-bond acceptors (Lipinski definition) is 5. The van der Waals surface area contributed by atoms with Crippen molar-refractivity contribution in [3.05, 3.63) is 30.7 Å². The Balaban J connectivity index is 1.61. The van der Waals surface area contributed by atoms with Crippen LogP contribution >= 0.6 is 11.8 Å². The van der Waals surface area contributed by atoms with Gasteiger partial charge >= 0.3 is 0 Å². The van der Waals surface area contributed by atoms with Crippen molar-refractivity contribution in [3.63, 3.8) is 0 Å². The predicted octanol–water partition coefficient (Wildman–Crippen LogP) is 2.00.